The minimum Gasteiger partial charge on any atom is -0.465 e. The van der Waals surface area contributed by atoms with Gasteiger partial charge in [0.25, 0.3) is 0 Å². The molecule has 0 saturated carbocycles. The molecule has 15 heavy (non-hydrogen) atoms. The van der Waals surface area contributed by atoms with Crippen LogP contribution in [0.15, 0.2) is 18.7 Å². The van der Waals surface area contributed by atoms with Crippen LogP contribution in [0.25, 0.3) is 0 Å². The highest BCUT2D eigenvalue weighted by Crippen LogP contribution is 2.03. The first-order chi connectivity index (χ1) is 7.24. The van der Waals surface area contributed by atoms with Crippen molar-refractivity contribution in [2.45, 2.75) is 33.2 Å². The molecular formula is C11H18N2O2. The molecule has 0 saturated heterocycles. The van der Waals surface area contributed by atoms with Crippen LogP contribution in [0.2, 0.25) is 0 Å². The second-order valence-electron chi connectivity index (χ2n) is 3.68. The van der Waals surface area contributed by atoms with Gasteiger partial charge >= 0.3 is 5.97 Å². The fourth-order valence-electron chi connectivity index (χ4n) is 1.24. The first-order valence-electron chi connectivity index (χ1n) is 5.36. The van der Waals surface area contributed by atoms with E-state index in [2.05, 4.69) is 11.9 Å². The maximum Gasteiger partial charge on any atom is 0.310 e. The van der Waals surface area contributed by atoms with E-state index in [0.717, 1.165) is 12.8 Å². The molecule has 0 radical (unpaired) electrons. The van der Waals surface area contributed by atoms with Crippen molar-refractivity contribution in [3.8, 4) is 0 Å². The fourth-order valence-corrected chi connectivity index (χ4v) is 1.24. The van der Waals surface area contributed by atoms with Crippen molar-refractivity contribution < 1.29 is 9.53 Å². The molecule has 84 valence electrons. The van der Waals surface area contributed by atoms with Crippen molar-refractivity contribution in [1.82, 2.24) is 9.55 Å². The molecule has 0 aliphatic carbocycles. The molecule has 4 nitrogen and oxygen atoms in total. The Hall–Kier alpha value is -1.32. The Morgan fingerprint density at radius 2 is 2.40 bits per heavy atom. The van der Waals surface area contributed by atoms with Crippen molar-refractivity contribution in [3.05, 3.63) is 18.7 Å². The zero-order chi connectivity index (χ0) is 11.1. The average Bonchev–Trinajstić information content (AvgIpc) is 2.70. The van der Waals surface area contributed by atoms with E-state index in [-0.39, 0.29) is 11.9 Å². The molecule has 0 aromatic carbocycles. The van der Waals surface area contributed by atoms with Crippen LogP contribution in [-0.2, 0) is 16.1 Å². The number of nitrogens with zero attached hydrogens (tertiary/aromatic N) is 2. The number of unbranched alkanes of at least 4 members (excludes halogenated alkanes) is 1. The lowest BCUT2D eigenvalue weighted by Gasteiger charge is -2.11. The number of hydrogen-bond donors (Lipinski definition) is 0. The Kier molecular flexibility index (Phi) is 4.87. The van der Waals surface area contributed by atoms with Gasteiger partial charge in [-0.2, -0.15) is 0 Å². The predicted molar refractivity (Wildman–Crippen MR) is 57.3 cm³/mol. The summed E-state index contributed by atoms with van der Waals surface area (Å²) in [7, 11) is 0. The summed E-state index contributed by atoms with van der Waals surface area (Å²) in [5.74, 6) is -0.242. The summed E-state index contributed by atoms with van der Waals surface area (Å²) in [4.78, 5) is 15.4. The largest absolute Gasteiger partial charge is 0.465 e. The van der Waals surface area contributed by atoms with Gasteiger partial charge in [0.2, 0.25) is 0 Å². The van der Waals surface area contributed by atoms with Gasteiger partial charge in [0.1, 0.15) is 0 Å². The van der Waals surface area contributed by atoms with Gasteiger partial charge in [-0.3, -0.25) is 4.79 Å². The van der Waals surface area contributed by atoms with E-state index in [9.17, 15) is 4.79 Å². The highest BCUT2D eigenvalue weighted by Gasteiger charge is 2.14. The summed E-state index contributed by atoms with van der Waals surface area (Å²) >= 11 is 0. The highest BCUT2D eigenvalue weighted by atomic mass is 16.5. The molecule has 1 atom stereocenters. The van der Waals surface area contributed by atoms with Gasteiger partial charge in [-0.1, -0.05) is 20.3 Å². The third-order valence-electron chi connectivity index (χ3n) is 2.19. The first kappa shape index (κ1) is 11.8. The van der Waals surface area contributed by atoms with Crippen molar-refractivity contribution in [3.63, 3.8) is 0 Å². The van der Waals surface area contributed by atoms with Crippen LogP contribution in [0.5, 0.6) is 0 Å². The molecule has 4 heteroatoms. The molecule has 0 N–H and O–H groups in total. The van der Waals surface area contributed by atoms with Crippen LogP contribution in [0.4, 0.5) is 0 Å². The van der Waals surface area contributed by atoms with E-state index >= 15 is 0 Å². The molecular weight excluding hydrogens is 192 g/mol. The minimum atomic E-state index is -0.128. The quantitative estimate of drug-likeness (QED) is 0.531. The zero-order valence-electron chi connectivity index (χ0n) is 9.35. The summed E-state index contributed by atoms with van der Waals surface area (Å²) in [5.41, 5.74) is 0. The number of esters is 1. The summed E-state index contributed by atoms with van der Waals surface area (Å²) in [5, 5.41) is 0. The number of ether oxygens (including phenoxy) is 1. The van der Waals surface area contributed by atoms with E-state index in [4.69, 9.17) is 4.74 Å². The van der Waals surface area contributed by atoms with Crippen molar-refractivity contribution in [2.24, 2.45) is 5.92 Å². The summed E-state index contributed by atoms with van der Waals surface area (Å²) < 4.78 is 7.00. The zero-order valence-corrected chi connectivity index (χ0v) is 9.35. The van der Waals surface area contributed by atoms with Crippen molar-refractivity contribution in [1.29, 1.82) is 0 Å². The van der Waals surface area contributed by atoms with Gasteiger partial charge in [0.05, 0.1) is 18.9 Å². The molecule has 1 unspecified atom stereocenters. The lowest BCUT2D eigenvalue weighted by Crippen LogP contribution is -2.20. The maximum absolute atomic E-state index is 11.5. The molecule has 1 aromatic rings. The second-order valence-corrected chi connectivity index (χ2v) is 3.68. The van der Waals surface area contributed by atoms with Gasteiger partial charge in [-0.15, -0.1) is 0 Å². The molecule has 1 heterocycles. The van der Waals surface area contributed by atoms with Crippen molar-refractivity contribution >= 4 is 5.97 Å². The van der Waals surface area contributed by atoms with E-state index in [1.54, 1.807) is 12.5 Å². The fraction of sp³-hybridized carbons (Fsp3) is 0.636. The Balaban J connectivity index is 2.27. The number of aromatic nitrogens is 2. The molecule has 0 bridgehead atoms. The average molecular weight is 210 g/mol. The SMILES string of the molecule is CCCCOC(=O)C(C)Cn1ccnc1. The topological polar surface area (TPSA) is 44.1 Å². The molecule has 0 aliphatic rings. The van der Waals surface area contributed by atoms with Gasteiger partial charge in [-0.25, -0.2) is 4.98 Å². The Morgan fingerprint density at radius 3 is 3.00 bits per heavy atom. The van der Waals surface area contributed by atoms with Crippen LogP contribution < -0.4 is 0 Å². The van der Waals surface area contributed by atoms with Gasteiger partial charge < -0.3 is 9.30 Å². The number of rotatable bonds is 6. The Bertz CT molecular complexity index is 283. The minimum absolute atomic E-state index is 0.115. The molecule has 0 amide bonds. The van der Waals surface area contributed by atoms with Gasteiger partial charge in [0, 0.05) is 18.9 Å². The smallest absolute Gasteiger partial charge is 0.310 e. The monoisotopic (exact) mass is 210 g/mol. The third-order valence-corrected chi connectivity index (χ3v) is 2.19. The van der Waals surface area contributed by atoms with Crippen LogP contribution >= 0.6 is 0 Å². The summed E-state index contributed by atoms with van der Waals surface area (Å²) in [6, 6.07) is 0. The maximum atomic E-state index is 11.5. The molecule has 0 fully saturated rings. The van der Waals surface area contributed by atoms with Gasteiger partial charge in [-0.05, 0) is 6.42 Å². The van der Waals surface area contributed by atoms with Crippen LogP contribution in [0, 0.1) is 5.92 Å². The predicted octanol–water partition coefficient (Wildman–Crippen LogP) is 1.86. The Labute approximate surface area is 90.3 Å². The number of carbonyl (C=O) groups is 1. The number of hydrogen-bond acceptors (Lipinski definition) is 3. The lowest BCUT2D eigenvalue weighted by molar-refractivity contribution is -0.148. The second kappa shape index (κ2) is 6.22. The summed E-state index contributed by atoms with van der Waals surface area (Å²) in [6.45, 7) is 5.10. The lowest BCUT2D eigenvalue weighted by atomic mass is 10.2. The van der Waals surface area contributed by atoms with E-state index in [1.165, 1.54) is 0 Å². The summed E-state index contributed by atoms with van der Waals surface area (Å²) in [6.07, 6.45) is 7.23. The normalized spacial score (nSPS) is 12.4. The molecule has 0 aliphatic heterocycles. The first-order valence-corrected chi connectivity index (χ1v) is 5.36. The molecule has 0 spiro atoms. The third kappa shape index (κ3) is 4.14. The van der Waals surface area contributed by atoms with E-state index in [1.807, 2.05) is 17.7 Å². The standard InChI is InChI=1S/C11H18N2O2/c1-3-4-7-15-11(14)10(2)8-13-6-5-12-9-13/h5-6,9-10H,3-4,7-8H2,1-2H3. The number of imidazole rings is 1. The number of carbonyl (C=O) groups excluding carboxylic acids is 1. The highest BCUT2D eigenvalue weighted by molar-refractivity contribution is 5.71. The molecule has 1 aromatic heterocycles. The van der Waals surface area contributed by atoms with Crippen LogP contribution in [0.1, 0.15) is 26.7 Å². The van der Waals surface area contributed by atoms with E-state index in [0.29, 0.717) is 13.2 Å². The van der Waals surface area contributed by atoms with Crippen molar-refractivity contribution in [2.75, 3.05) is 6.61 Å². The molecule has 1 rings (SSSR count). The van der Waals surface area contributed by atoms with Crippen LogP contribution in [-0.4, -0.2) is 22.1 Å². The Morgan fingerprint density at radius 1 is 1.60 bits per heavy atom. The van der Waals surface area contributed by atoms with Gasteiger partial charge in [0.15, 0.2) is 0 Å². The van der Waals surface area contributed by atoms with Crippen LogP contribution in [0.3, 0.4) is 0 Å². The van der Waals surface area contributed by atoms with E-state index < -0.39 is 0 Å².